The first-order valence-corrected chi connectivity index (χ1v) is 4.89. The Morgan fingerprint density at radius 3 is 2.71 bits per heavy atom. The summed E-state index contributed by atoms with van der Waals surface area (Å²) in [5.74, 6) is -2.33. The molecule has 4 nitrogen and oxygen atoms in total. The summed E-state index contributed by atoms with van der Waals surface area (Å²) in [6.45, 7) is 0. The van der Waals surface area contributed by atoms with Crippen molar-refractivity contribution in [2.24, 2.45) is 7.05 Å². The molecule has 2 aromatic rings. The van der Waals surface area contributed by atoms with Crippen LogP contribution in [0.4, 0.5) is 8.78 Å². The van der Waals surface area contributed by atoms with E-state index in [0.717, 1.165) is 12.1 Å². The number of aromatic nitrogens is 3. The fourth-order valence-electron chi connectivity index (χ4n) is 1.41. The third kappa shape index (κ3) is 2.52. The number of halogens is 2. The number of hydrogen-bond acceptors (Lipinski definition) is 3. The lowest BCUT2D eigenvalue weighted by Gasteiger charge is -1.99. The minimum Gasteiger partial charge on any atom is -0.294 e. The second-order valence-electron chi connectivity index (χ2n) is 3.61. The molecule has 0 aliphatic rings. The van der Waals surface area contributed by atoms with Crippen LogP contribution in [0.2, 0.25) is 0 Å². The van der Waals surface area contributed by atoms with E-state index in [-0.39, 0.29) is 17.8 Å². The van der Waals surface area contributed by atoms with E-state index in [1.165, 1.54) is 10.7 Å². The molecule has 0 saturated carbocycles. The average Bonchev–Trinajstić information content (AvgIpc) is 2.68. The van der Waals surface area contributed by atoms with Crippen LogP contribution in [0.25, 0.3) is 0 Å². The van der Waals surface area contributed by atoms with Crippen LogP contribution in [0.3, 0.4) is 0 Å². The van der Waals surface area contributed by atoms with Gasteiger partial charge in [-0.15, -0.1) is 5.10 Å². The Kier molecular flexibility index (Phi) is 2.95. The molecular formula is C11H9F2N3O. The molecule has 1 aromatic carbocycles. The van der Waals surface area contributed by atoms with Gasteiger partial charge in [-0.3, -0.25) is 9.48 Å². The first kappa shape index (κ1) is 11.4. The lowest BCUT2D eigenvalue weighted by Crippen LogP contribution is -2.05. The summed E-state index contributed by atoms with van der Waals surface area (Å²) in [5.41, 5.74) is 0.608. The number of Topliss-reactive ketones (excluding diaryl/α,β-unsaturated/α-hetero) is 1. The summed E-state index contributed by atoms with van der Waals surface area (Å²) < 4.78 is 27.1. The van der Waals surface area contributed by atoms with E-state index in [9.17, 15) is 13.6 Å². The first-order chi connectivity index (χ1) is 8.06. The summed E-state index contributed by atoms with van der Waals surface area (Å²) in [7, 11) is 1.68. The highest BCUT2D eigenvalue weighted by Gasteiger charge is 2.12. The molecule has 0 radical (unpaired) electrons. The average molecular weight is 237 g/mol. The van der Waals surface area contributed by atoms with Crippen LogP contribution in [0.15, 0.2) is 24.4 Å². The van der Waals surface area contributed by atoms with Gasteiger partial charge in [0.2, 0.25) is 0 Å². The number of carbonyl (C=O) groups is 1. The molecule has 0 spiro atoms. The van der Waals surface area contributed by atoms with Crippen LogP contribution in [0.1, 0.15) is 16.1 Å². The molecule has 0 bridgehead atoms. The fraction of sp³-hybridized carbons (Fsp3) is 0.182. The fourth-order valence-corrected chi connectivity index (χ4v) is 1.41. The monoisotopic (exact) mass is 237 g/mol. The predicted molar refractivity (Wildman–Crippen MR) is 55.4 cm³/mol. The van der Waals surface area contributed by atoms with Crippen LogP contribution < -0.4 is 0 Å². The zero-order chi connectivity index (χ0) is 12.4. The van der Waals surface area contributed by atoms with E-state index in [1.807, 2.05) is 0 Å². The van der Waals surface area contributed by atoms with Crippen LogP contribution in [-0.4, -0.2) is 20.8 Å². The highest BCUT2D eigenvalue weighted by Crippen LogP contribution is 2.11. The molecule has 0 aliphatic heterocycles. The summed E-state index contributed by atoms with van der Waals surface area (Å²) in [4.78, 5) is 11.7. The summed E-state index contributed by atoms with van der Waals surface area (Å²) in [5, 5.41) is 7.42. The molecule has 0 amide bonds. The van der Waals surface area contributed by atoms with E-state index < -0.39 is 11.6 Å². The Hall–Kier alpha value is -2.11. The van der Waals surface area contributed by atoms with Crippen molar-refractivity contribution in [3.63, 3.8) is 0 Å². The second kappa shape index (κ2) is 4.40. The summed E-state index contributed by atoms with van der Waals surface area (Å²) >= 11 is 0. The summed E-state index contributed by atoms with van der Waals surface area (Å²) in [6, 6.07) is 3.06. The van der Waals surface area contributed by atoms with Gasteiger partial charge in [-0.25, -0.2) is 8.78 Å². The van der Waals surface area contributed by atoms with Crippen molar-refractivity contribution >= 4 is 5.78 Å². The molecule has 17 heavy (non-hydrogen) atoms. The maximum atomic E-state index is 12.9. The van der Waals surface area contributed by atoms with E-state index in [0.29, 0.717) is 5.69 Å². The molecule has 0 unspecified atom stereocenters. The van der Waals surface area contributed by atoms with Gasteiger partial charge in [-0.2, -0.15) is 0 Å². The van der Waals surface area contributed by atoms with Gasteiger partial charge in [-0.1, -0.05) is 5.21 Å². The first-order valence-electron chi connectivity index (χ1n) is 4.89. The minimum absolute atomic E-state index is 0.0128. The number of rotatable bonds is 3. The van der Waals surface area contributed by atoms with Crippen LogP contribution in [0, 0.1) is 11.6 Å². The third-order valence-corrected chi connectivity index (χ3v) is 2.23. The van der Waals surface area contributed by atoms with Crippen molar-refractivity contribution in [2.75, 3.05) is 0 Å². The van der Waals surface area contributed by atoms with E-state index in [2.05, 4.69) is 10.3 Å². The molecule has 0 N–H and O–H groups in total. The highest BCUT2D eigenvalue weighted by molar-refractivity contribution is 5.97. The largest absolute Gasteiger partial charge is 0.294 e. The van der Waals surface area contributed by atoms with Gasteiger partial charge in [-0.05, 0) is 18.2 Å². The topological polar surface area (TPSA) is 47.8 Å². The quantitative estimate of drug-likeness (QED) is 0.760. The molecule has 6 heteroatoms. The van der Waals surface area contributed by atoms with Gasteiger partial charge >= 0.3 is 0 Å². The lowest BCUT2D eigenvalue weighted by molar-refractivity contribution is 0.0991. The van der Waals surface area contributed by atoms with Crippen molar-refractivity contribution in [1.82, 2.24) is 15.0 Å². The van der Waals surface area contributed by atoms with Crippen molar-refractivity contribution in [3.05, 3.63) is 47.3 Å². The molecule has 0 aliphatic carbocycles. The van der Waals surface area contributed by atoms with E-state index in [4.69, 9.17) is 0 Å². The number of nitrogens with zero attached hydrogens (tertiary/aromatic N) is 3. The highest BCUT2D eigenvalue weighted by atomic mass is 19.2. The molecule has 2 rings (SSSR count). The molecule has 0 fully saturated rings. The maximum absolute atomic E-state index is 12.9. The minimum atomic E-state index is -1.03. The Labute approximate surface area is 95.9 Å². The standard InChI is InChI=1S/C11H9F2N3O/c1-16-6-8(14-15-16)5-11(17)7-2-3-9(12)10(13)4-7/h2-4,6H,5H2,1H3. The number of carbonyl (C=O) groups excluding carboxylic acids is 1. The smallest absolute Gasteiger partial charge is 0.169 e. The number of benzene rings is 1. The van der Waals surface area contributed by atoms with Crippen LogP contribution in [0.5, 0.6) is 0 Å². The maximum Gasteiger partial charge on any atom is 0.169 e. The third-order valence-electron chi connectivity index (χ3n) is 2.23. The van der Waals surface area contributed by atoms with Gasteiger partial charge in [0.15, 0.2) is 17.4 Å². The molecule has 0 atom stereocenters. The summed E-state index contributed by atoms with van der Waals surface area (Å²) in [6.07, 6.45) is 1.61. The van der Waals surface area contributed by atoms with Crippen LogP contribution in [-0.2, 0) is 13.5 Å². The van der Waals surface area contributed by atoms with Gasteiger partial charge in [0.25, 0.3) is 0 Å². The molecule has 1 heterocycles. The SMILES string of the molecule is Cn1cc(CC(=O)c2ccc(F)c(F)c2)nn1. The molecule has 0 saturated heterocycles. The number of hydrogen-bond donors (Lipinski definition) is 0. The molecular weight excluding hydrogens is 228 g/mol. The number of ketones is 1. The van der Waals surface area contributed by atoms with E-state index >= 15 is 0 Å². The zero-order valence-corrected chi connectivity index (χ0v) is 9.02. The Balaban J connectivity index is 2.17. The zero-order valence-electron chi connectivity index (χ0n) is 9.02. The van der Waals surface area contributed by atoms with Crippen LogP contribution >= 0.6 is 0 Å². The van der Waals surface area contributed by atoms with Crippen molar-refractivity contribution in [3.8, 4) is 0 Å². The van der Waals surface area contributed by atoms with E-state index in [1.54, 1.807) is 13.2 Å². The number of aryl methyl sites for hydroxylation is 1. The van der Waals surface area contributed by atoms with Gasteiger partial charge in [0.05, 0.1) is 12.1 Å². The molecule has 88 valence electrons. The predicted octanol–water partition coefficient (Wildman–Crippen LogP) is 1.52. The normalized spacial score (nSPS) is 10.5. The van der Waals surface area contributed by atoms with Gasteiger partial charge in [0, 0.05) is 18.8 Å². The molecule has 1 aromatic heterocycles. The van der Waals surface area contributed by atoms with Crippen molar-refractivity contribution in [2.45, 2.75) is 6.42 Å². The lowest BCUT2D eigenvalue weighted by atomic mass is 10.1. The Bertz CT molecular complexity index is 566. The Morgan fingerprint density at radius 1 is 1.35 bits per heavy atom. The van der Waals surface area contributed by atoms with Crippen molar-refractivity contribution < 1.29 is 13.6 Å². The van der Waals surface area contributed by atoms with Crippen molar-refractivity contribution in [1.29, 1.82) is 0 Å². The van der Waals surface area contributed by atoms with Gasteiger partial charge in [0.1, 0.15) is 0 Å². The second-order valence-corrected chi connectivity index (χ2v) is 3.61. The Morgan fingerprint density at radius 2 is 2.12 bits per heavy atom. The van der Waals surface area contributed by atoms with Gasteiger partial charge < -0.3 is 0 Å².